The van der Waals surface area contributed by atoms with Crippen molar-refractivity contribution in [1.82, 2.24) is 5.32 Å². The number of hydrogen-bond acceptors (Lipinski definition) is 4. The molecule has 1 heterocycles. The molecule has 4 aromatic rings. The third kappa shape index (κ3) is 7.37. The zero-order valence-corrected chi connectivity index (χ0v) is 23.1. The van der Waals surface area contributed by atoms with E-state index in [1.165, 1.54) is 24.3 Å². The minimum absolute atomic E-state index is 0.0666. The molecule has 0 fully saturated rings. The van der Waals surface area contributed by atoms with E-state index in [9.17, 15) is 9.59 Å². The second kappa shape index (κ2) is 12.5. The Bertz CT molecular complexity index is 1570. The highest BCUT2D eigenvalue weighted by molar-refractivity contribution is 7.80. The number of carbonyl (C=O) groups excluding carboxylic acids is 2. The molecule has 3 aromatic carbocycles. The molecule has 0 aliphatic rings. The fourth-order valence-electron chi connectivity index (χ4n) is 3.30. The molecule has 0 saturated heterocycles. The van der Waals surface area contributed by atoms with Gasteiger partial charge in [0.1, 0.15) is 11.5 Å². The Kier molecular flexibility index (Phi) is 9.09. The molecule has 6 nitrogen and oxygen atoms in total. The van der Waals surface area contributed by atoms with E-state index < -0.39 is 11.8 Å². The maximum Gasteiger partial charge on any atom is 0.257 e. The Morgan fingerprint density at radius 1 is 0.789 bits per heavy atom. The summed E-state index contributed by atoms with van der Waals surface area (Å²) in [6, 6.07) is 19.9. The Morgan fingerprint density at radius 3 is 2.18 bits per heavy atom. The Balaban J connectivity index is 1.33. The van der Waals surface area contributed by atoms with Crippen molar-refractivity contribution in [1.29, 1.82) is 0 Å². The molecule has 11 heteroatoms. The van der Waals surface area contributed by atoms with Crippen molar-refractivity contribution in [3.05, 3.63) is 110 Å². The van der Waals surface area contributed by atoms with Crippen LogP contribution in [0.5, 0.6) is 0 Å². The lowest BCUT2D eigenvalue weighted by Crippen LogP contribution is -2.32. The summed E-state index contributed by atoms with van der Waals surface area (Å²) in [5.41, 5.74) is 2.01. The lowest BCUT2D eigenvalue weighted by atomic mass is 10.2. The van der Waals surface area contributed by atoms with Gasteiger partial charge < -0.3 is 15.1 Å². The number of thiocarbonyl (C=S) groups is 1. The van der Waals surface area contributed by atoms with Gasteiger partial charge in [0.05, 0.1) is 15.6 Å². The average molecular weight is 605 g/mol. The van der Waals surface area contributed by atoms with Crippen molar-refractivity contribution in [2.75, 3.05) is 10.6 Å². The quantitative estimate of drug-likeness (QED) is 0.152. The first kappa shape index (κ1) is 27.7. The van der Waals surface area contributed by atoms with Crippen LogP contribution < -0.4 is 16.0 Å². The van der Waals surface area contributed by atoms with Crippen LogP contribution in [-0.4, -0.2) is 16.9 Å². The number of benzene rings is 3. The minimum atomic E-state index is -0.466. The summed E-state index contributed by atoms with van der Waals surface area (Å²) in [6.07, 6.45) is 2.79. The van der Waals surface area contributed by atoms with E-state index in [-0.39, 0.29) is 15.7 Å². The van der Waals surface area contributed by atoms with Crippen molar-refractivity contribution < 1.29 is 14.0 Å². The number of hydrogen-bond donors (Lipinski definition) is 3. The molecule has 3 N–H and O–H groups in total. The number of furan rings is 1. The fourth-order valence-corrected chi connectivity index (χ4v) is 4.51. The molecule has 0 aliphatic carbocycles. The van der Waals surface area contributed by atoms with E-state index in [1.54, 1.807) is 60.7 Å². The Morgan fingerprint density at radius 2 is 1.47 bits per heavy atom. The second-order valence-electron chi connectivity index (χ2n) is 7.76. The third-order valence-electron chi connectivity index (χ3n) is 5.01. The molecule has 0 saturated carbocycles. The number of amides is 2. The first-order valence-corrected chi connectivity index (χ1v) is 12.8. The van der Waals surface area contributed by atoms with Crippen molar-refractivity contribution in [3.63, 3.8) is 0 Å². The second-order valence-corrected chi connectivity index (χ2v) is 9.86. The summed E-state index contributed by atoms with van der Waals surface area (Å²) >= 11 is 29.4. The number of rotatable bonds is 6. The fraction of sp³-hybridized carbons (Fsp3) is 0. The molecule has 0 aliphatic heterocycles. The molecule has 38 heavy (non-hydrogen) atoms. The predicted octanol–water partition coefficient (Wildman–Crippen LogP) is 8.34. The van der Waals surface area contributed by atoms with Crippen molar-refractivity contribution in [3.8, 4) is 11.3 Å². The van der Waals surface area contributed by atoms with Crippen LogP contribution in [0.15, 0.2) is 83.3 Å². The highest BCUT2D eigenvalue weighted by Crippen LogP contribution is 2.31. The van der Waals surface area contributed by atoms with Crippen LogP contribution in [0.3, 0.4) is 0 Å². The SMILES string of the molecule is O=C(/C=C/c1ccc(-c2ccc(Cl)cc2Cl)o1)NC(=S)Nc1cccc(NC(=O)c2ccc(Cl)cc2Cl)c1. The van der Waals surface area contributed by atoms with Crippen LogP contribution in [-0.2, 0) is 4.79 Å². The summed E-state index contributed by atoms with van der Waals surface area (Å²) in [4.78, 5) is 24.9. The number of halogens is 4. The zero-order valence-electron chi connectivity index (χ0n) is 19.2. The molecule has 192 valence electrons. The van der Waals surface area contributed by atoms with Crippen LogP contribution in [0.2, 0.25) is 20.1 Å². The smallest absolute Gasteiger partial charge is 0.257 e. The topological polar surface area (TPSA) is 83.4 Å². The zero-order chi connectivity index (χ0) is 27.2. The van der Waals surface area contributed by atoms with Crippen molar-refractivity contribution in [2.24, 2.45) is 0 Å². The normalized spacial score (nSPS) is 10.8. The predicted molar refractivity (Wildman–Crippen MR) is 158 cm³/mol. The average Bonchev–Trinajstić information content (AvgIpc) is 3.31. The molecule has 0 atom stereocenters. The molecule has 0 bridgehead atoms. The number of anilines is 2. The van der Waals surface area contributed by atoms with Gasteiger partial charge in [0.15, 0.2) is 5.11 Å². The summed E-state index contributed by atoms with van der Waals surface area (Å²) < 4.78 is 5.74. The summed E-state index contributed by atoms with van der Waals surface area (Å²) in [7, 11) is 0. The van der Waals surface area contributed by atoms with Gasteiger partial charge in [-0.2, -0.15) is 0 Å². The first-order valence-electron chi connectivity index (χ1n) is 10.9. The summed E-state index contributed by atoms with van der Waals surface area (Å²) in [5, 5.41) is 9.92. The van der Waals surface area contributed by atoms with Gasteiger partial charge in [-0.15, -0.1) is 0 Å². The summed E-state index contributed by atoms with van der Waals surface area (Å²) in [6.45, 7) is 0. The van der Waals surface area contributed by atoms with Gasteiger partial charge in [-0.05, 0) is 85.0 Å². The maximum absolute atomic E-state index is 12.6. The van der Waals surface area contributed by atoms with Crippen molar-refractivity contribution in [2.45, 2.75) is 0 Å². The third-order valence-corrected chi connectivity index (χ3v) is 6.31. The molecule has 0 spiro atoms. The first-order chi connectivity index (χ1) is 18.2. The number of nitrogens with one attached hydrogen (secondary N) is 3. The molecular formula is C27H17Cl4N3O3S. The van der Waals surface area contributed by atoms with E-state index in [0.717, 1.165) is 0 Å². The maximum atomic E-state index is 12.6. The van der Waals surface area contributed by atoms with Gasteiger partial charge in [-0.3, -0.25) is 14.9 Å². The lowest BCUT2D eigenvalue weighted by molar-refractivity contribution is -0.115. The van der Waals surface area contributed by atoms with Gasteiger partial charge in [0.2, 0.25) is 5.91 Å². The van der Waals surface area contributed by atoms with E-state index in [2.05, 4.69) is 16.0 Å². The van der Waals surface area contributed by atoms with Crippen LogP contribution in [0.25, 0.3) is 17.4 Å². The van der Waals surface area contributed by atoms with Gasteiger partial charge in [-0.1, -0.05) is 52.5 Å². The van der Waals surface area contributed by atoms with Crippen molar-refractivity contribution >= 4 is 93.0 Å². The minimum Gasteiger partial charge on any atom is -0.457 e. The standard InChI is InChI=1S/C27H17Cl4N3O3S/c28-15-4-8-20(22(30)12-15)24-10-6-19(37-24)7-11-25(35)34-27(38)33-18-3-1-2-17(14-18)32-26(36)21-9-5-16(29)13-23(21)31/h1-14H,(H,32,36)(H2,33,34,35,38)/b11-7+. The van der Waals surface area contributed by atoms with Gasteiger partial charge in [-0.25, -0.2) is 0 Å². The molecule has 0 radical (unpaired) electrons. The summed E-state index contributed by atoms with van der Waals surface area (Å²) in [5.74, 6) is 0.120. The van der Waals surface area contributed by atoms with E-state index in [0.29, 0.717) is 43.5 Å². The van der Waals surface area contributed by atoms with Gasteiger partial charge in [0.25, 0.3) is 5.91 Å². The van der Waals surface area contributed by atoms with Gasteiger partial charge >= 0.3 is 0 Å². The van der Waals surface area contributed by atoms with E-state index in [1.807, 2.05) is 0 Å². The monoisotopic (exact) mass is 603 g/mol. The van der Waals surface area contributed by atoms with Crippen LogP contribution in [0.1, 0.15) is 16.1 Å². The molecule has 4 rings (SSSR count). The Hall–Kier alpha value is -3.33. The highest BCUT2D eigenvalue weighted by atomic mass is 35.5. The van der Waals surface area contributed by atoms with Crippen LogP contribution >= 0.6 is 58.6 Å². The number of carbonyl (C=O) groups is 2. The lowest BCUT2D eigenvalue weighted by Gasteiger charge is -2.11. The Labute approximate surface area is 243 Å². The molecular weight excluding hydrogens is 588 g/mol. The highest BCUT2D eigenvalue weighted by Gasteiger charge is 2.12. The van der Waals surface area contributed by atoms with E-state index >= 15 is 0 Å². The van der Waals surface area contributed by atoms with Crippen LogP contribution in [0.4, 0.5) is 11.4 Å². The molecule has 1 aromatic heterocycles. The van der Waals surface area contributed by atoms with Crippen LogP contribution in [0, 0.1) is 0 Å². The molecule has 2 amide bonds. The largest absolute Gasteiger partial charge is 0.457 e. The van der Waals surface area contributed by atoms with Gasteiger partial charge in [0, 0.05) is 33.1 Å². The van der Waals surface area contributed by atoms with E-state index in [4.69, 9.17) is 63.0 Å². The molecule has 0 unspecified atom stereocenters.